The highest BCUT2D eigenvalue weighted by molar-refractivity contribution is 9.10. The Balaban J connectivity index is 1.94. The molecule has 2 fully saturated rings. The average molecular weight is 282 g/mol. The van der Waals surface area contributed by atoms with Gasteiger partial charge in [0, 0.05) is 24.3 Å². The second-order valence-electron chi connectivity index (χ2n) is 4.83. The van der Waals surface area contributed by atoms with E-state index in [1.54, 1.807) is 0 Å². The standard InChI is InChI=1S/C12H16BrN3/c13-11-2-1-5-15-12(11)16-9-3-4-10(16)7-8(14)6-9/h1-2,5,8-10H,3-4,6-7,14H2. The molecule has 0 amide bonds. The van der Waals surface area contributed by atoms with Crippen LogP contribution in [0, 0.1) is 0 Å². The summed E-state index contributed by atoms with van der Waals surface area (Å²) in [6, 6.07) is 5.61. The number of halogens is 1. The highest BCUT2D eigenvalue weighted by Crippen LogP contribution is 2.40. The van der Waals surface area contributed by atoms with E-state index in [2.05, 4.69) is 31.9 Å². The molecule has 86 valence electrons. The van der Waals surface area contributed by atoms with Crippen molar-refractivity contribution in [1.29, 1.82) is 0 Å². The van der Waals surface area contributed by atoms with E-state index in [1.807, 2.05) is 12.3 Å². The molecule has 2 unspecified atom stereocenters. The van der Waals surface area contributed by atoms with Crippen molar-refractivity contribution in [2.75, 3.05) is 4.90 Å². The molecular weight excluding hydrogens is 266 g/mol. The molecule has 4 heteroatoms. The topological polar surface area (TPSA) is 42.1 Å². The van der Waals surface area contributed by atoms with Gasteiger partial charge in [-0.1, -0.05) is 0 Å². The van der Waals surface area contributed by atoms with Crippen molar-refractivity contribution in [3.63, 3.8) is 0 Å². The molecule has 2 saturated heterocycles. The highest BCUT2D eigenvalue weighted by Gasteiger charge is 2.40. The molecule has 0 radical (unpaired) electrons. The van der Waals surface area contributed by atoms with Gasteiger partial charge >= 0.3 is 0 Å². The molecule has 0 aliphatic carbocycles. The lowest BCUT2D eigenvalue weighted by atomic mass is 9.98. The van der Waals surface area contributed by atoms with E-state index >= 15 is 0 Å². The molecule has 2 aliphatic heterocycles. The number of anilines is 1. The SMILES string of the molecule is NC1CC2CCC(C1)N2c1ncccc1Br. The van der Waals surface area contributed by atoms with Crippen LogP contribution in [0.2, 0.25) is 0 Å². The zero-order valence-corrected chi connectivity index (χ0v) is 10.7. The van der Waals surface area contributed by atoms with Crippen LogP contribution in [0.5, 0.6) is 0 Å². The Morgan fingerprint density at radius 3 is 2.62 bits per heavy atom. The van der Waals surface area contributed by atoms with Crippen LogP contribution >= 0.6 is 15.9 Å². The third-order valence-corrected chi connectivity index (χ3v) is 4.37. The predicted molar refractivity (Wildman–Crippen MR) is 68.4 cm³/mol. The number of hydrogen-bond donors (Lipinski definition) is 1. The number of aromatic nitrogens is 1. The lowest BCUT2D eigenvalue weighted by molar-refractivity contribution is 0.411. The van der Waals surface area contributed by atoms with Gasteiger partial charge in [0.15, 0.2) is 0 Å². The van der Waals surface area contributed by atoms with Gasteiger partial charge in [0.25, 0.3) is 0 Å². The summed E-state index contributed by atoms with van der Waals surface area (Å²) in [6.45, 7) is 0. The third-order valence-electron chi connectivity index (χ3n) is 3.75. The first-order valence-corrected chi connectivity index (χ1v) is 6.69. The van der Waals surface area contributed by atoms with Crippen molar-refractivity contribution in [3.05, 3.63) is 22.8 Å². The first-order chi connectivity index (χ1) is 7.75. The Hall–Kier alpha value is -0.610. The van der Waals surface area contributed by atoms with Crippen molar-refractivity contribution in [2.24, 2.45) is 5.73 Å². The van der Waals surface area contributed by atoms with Crippen molar-refractivity contribution in [2.45, 2.75) is 43.8 Å². The van der Waals surface area contributed by atoms with Gasteiger partial charge in [0.1, 0.15) is 5.82 Å². The van der Waals surface area contributed by atoms with E-state index in [1.165, 1.54) is 12.8 Å². The van der Waals surface area contributed by atoms with Crippen molar-refractivity contribution in [3.8, 4) is 0 Å². The lowest BCUT2D eigenvalue weighted by Crippen LogP contribution is -2.48. The molecule has 1 aromatic rings. The van der Waals surface area contributed by atoms with Gasteiger partial charge < -0.3 is 10.6 Å². The van der Waals surface area contributed by atoms with Crippen LogP contribution in [0.3, 0.4) is 0 Å². The Kier molecular flexibility index (Phi) is 2.64. The molecule has 2 aliphatic rings. The van der Waals surface area contributed by atoms with Gasteiger partial charge in [0.2, 0.25) is 0 Å². The van der Waals surface area contributed by atoms with Crippen LogP contribution in [-0.4, -0.2) is 23.1 Å². The number of nitrogens with two attached hydrogens (primary N) is 1. The van der Waals surface area contributed by atoms with E-state index in [0.717, 1.165) is 23.1 Å². The quantitative estimate of drug-likeness (QED) is 0.859. The second kappa shape index (κ2) is 4.00. The summed E-state index contributed by atoms with van der Waals surface area (Å²) in [4.78, 5) is 6.99. The molecule has 0 saturated carbocycles. The van der Waals surface area contributed by atoms with Crippen LogP contribution in [0.15, 0.2) is 22.8 Å². The van der Waals surface area contributed by atoms with Gasteiger partial charge in [-0.15, -0.1) is 0 Å². The minimum absolute atomic E-state index is 0.385. The Bertz CT molecular complexity index is 382. The minimum Gasteiger partial charge on any atom is -0.350 e. The summed E-state index contributed by atoms with van der Waals surface area (Å²) in [5, 5.41) is 0. The largest absolute Gasteiger partial charge is 0.350 e. The van der Waals surface area contributed by atoms with E-state index in [9.17, 15) is 0 Å². The van der Waals surface area contributed by atoms with Crippen molar-refractivity contribution < 1.29 is 0 Å². The Labute approximate surface area is 104 Å². The molecular formula is C12H16BrN3. The fourth-order valence-corrected chi connectivity index (χ4v) is 3.59. The molecule has 16 heavy (non-hydrogen) atoms. The van der Waals surface area contributed by atoms with Crippen LogP contribution in [0.4, 0.5) is 5.82 Å². The maximum Gasteiger partial charge on any atom is 0.143 e. The molecule has 0 aromatic carbocycles. The molecule has 0 spiro atoms. The normalized spacial score (nSPS) is 33.1. The summed E-state index contributed by atoms with van der Waals surface area (Å²) in [5.41, 5.74) is 6.08. The molecule has 3 heterocycles. The van der Waals surface area contributed by atoms with Crippen LogP contribution in [0.1, 0.15) is 25.7 Å². The summed E-state index contributed by atoms with van der Waals surface area (Å²) in [7, 11) is 0. The van der Waals surface area contributed by atoms with Gasteiger partial charge in [-0.3, -0.25) is 0 Å². The summed E-state index contributed by atoms with van der Waals surface area (Å²) >= 11 is 3.59. The number of pyridine rings is 1. The molecule has 2 bridgehead atoms. The number of hydrogen-bond acceptors (Lipinski definition) is 3. The molecule has 3 nitrogen and oxygen atoms in total. The maximum atomic E-state index is 6.08. The van der Waals surface area contributed by atoms with E-state index in [4.69, 9.17) is 5.73 Å². The van der Waals surface area contributed by atoms with Gasteiger partial charge in [0.05, 0.1) is 4.47 Å². The van der Waals surface area contributed by atoms with Crippen LogP contribution < -0.4 is 10.6 Å². The maximum absolute atomic E-state index is 6.08. The molecule has 1 aromatic heterocycles. The number of nitrogens with zero attached hydrogens (tertiary/aromatic N) is 2. The van der Waals surface area contributed by atoms with Crippen LogP contribution in [-0.2, 0) is 0 Å². The fourth-order valence-electron chi connectivity index (χ4n) is 3.13. The van der Waals surface area contributed by atoms with Gasteiger partial charge in [-0.05, 0) is 53.7 Å². The monoisotopic (exact) mass is 281 g/mol. The lowest BCUT2D eigenvalue weighted by Gasteiger charge is -2.39. The highest BCUT2D eigenvalue weighted by atomic mass is 79.9. The molecule has 2 N–H and O–H groups in total. The van der Waals surface area contributed by atoms with E-state index in [-0.39, 0.29) is 0 Å². The Morgan fingerprint density at radius 1 is 1.31 bits per heavy atom. The van der Waals surface area contributed by atoms with E-state index in [0.29, 0.717) is 18.1 Å². The molecule has 2 atom stereocenters. The van der Waals surface area contributed by atoms with Crippen LogP contribution in [0.25, 0.3) is 0 Å². The third kappa shape index (κ3) is 1.64. The van der Waals surface area contributed by atoms with Gasteiger partial charge in [-0.2, -0.15) is 0 Å². The number of fused-ring (bicyclic) bond motifs is 2. The first-order valence-electron chi connectivity index (χ1n) is 5.90. The van der Waals surface area contributed by atoms with E-state index < -0.39 is 0 Å². The summed E-state index contributed by atoms with van der Waals surface area (Å²) < 4.78 is 1.10. The smallest absolute Gasteiger partial charge is 0.143 e. The van der Waals surface area contributed by atoms with Crippen molar-refractivity contribution in [1.82, 2.24) is 4.98 Å². The van der Waals surface area contributed by atoms with Gasteiger partial charge in [-0.25, -0.2) is 4.98 Å². The van der Waals surface area contributed by atoms with Crippen molar-refractivity contribution >= 4 is 21.7 Å². The first kappa shape index (κ1) is 10.5. The minimum atomic E-state index is 0.385. The zero-order chi connectivity index (χ0) is 11.1. The Morgan fingerprint density at radius 2 is 2.00 bits per heavy atom. The fraction of sp³-hybridized carbons (Fsp3) is 0.583. The molecule has 3 rings (SSSR count). The number of rotatable bonds is 1. The second-order valence-corrected chi connectivity index (χ2v) is 5.69. The predicted octanol–water partition coefficient (Wildman–Crippen LogP) is 2.30. The number of piperidine rings is 1. The average Bonchev–Trinajstić information content (AvgIpc) is 2.53. The summed E-state index contributed by atoms with van der Waals surface area (Å²) in [5.74, 6) is 1.10. The zero-order valence-electron chi connectivity index (χ0n) is 9.14. The summed E-state index contributed by atoms with van der Waals surface area (Å²) in [6.07, 6.45) is 6.62.